The van der Waals surface area contributed by atoms with Crippen LogP contribution < -0.4 is 10.6 Å². The summed E-state index contributed by atoms with van der Waals surface area (Å²) in [5.74, 6) is 1.31. The second kappa shape index (κ2) is 4.02. The lowest BCUT2D eigenvalue weighted by Crippen LogP contribution is -2.44. The summed E-state index contributed by atoms with van der Waals surface area (Å²) in [5.41, 5.74) is 1.02. The molecule has 0 spiro atoms. The molecule has 3 rings (SSSR count). The van der Waals surface area contributed by atoms with Crippen molar-refractivity contribution in [1.29, 1.82) is 0 Å². The molecule has 1 aliphatic carbocycles. The van der Waals surface area contributed by atoms with Gasteiger partial charge < -0.3 is 10.6 Å². The van der Waals surface area contributed by atoms with Gasteiger partial charge in [0, 0.05) is 24.7 Å². The Morgan fingerprint density at radius 3 is 3.18 bits per heavy atom. The molecule has 1 aromatic rings. The van der Waals surface area contributed by atoms with Crippen LogP contribution in [0.5, 0.6) is 0 Å². The minimum absolute atomic E-state index is 0.0675. The van der Waals surface area contributed by atoms with Gasteiger partial charge in [-0.2, -0.15) is 0 Å². The van der Waals surface area contributed by atoms with Crippen molar-refractivity contribution in [2.75, 3.05) is 10.6 Å². The maximum Gasteiger partial charge on any atom is 0.149 e. The number of nitrogens with one attached hydrogen (secondary N) is 2. The minimum Gasteiger partial charge on any atom is -0.379 e. The van der Waals surface area contributed by atoms with E-state index in [1.54, 1.807) is 6.20 Å². The lowest BCUT2D eigenvalue weighted by atomic mass is 9.79. The van der Waals surface area contributed by atoms with Gasteiger partial charge in [-0.05, 0) is 31.9 Å². The number of aromatic nitrogens is 1. The predicted molar refractivity (Wildman–Crippen MR) is 67.1 cm³/mol. The van der Waals surface area contributed by atoms with E-state index in [9.17, 15) is 4.79 Å². The number of carbonyl (C=O) groups is 1. The molecule has 0 radical (unpaired) electrons. The highest BCUT2D eigenvalue weighted by molar-refractivity contribution is 5.85. The van der Waals surface area contributed by atoms with E-state index in [1.165, 1.54) is 0 Å². The van der Waals surface area contributed by atoms with Crippen molar-refractivity contribution in [1.82, 2.24) is 4.98 Å². The second-order valence-corrected chi connectivity index (χ2v) is 4.97. The number of hydrogen-bond acceptors (Lipinski definition) is 4. The van der Waals surface area contributed by atoms with Crippen molar-refractivity contribution in [2.24, 2.45) is 5.92 Å². The highest BCUT2D eigenvalue weighted by Crippen LogP contribution is 2.33. The van der Waals surface area contributed by atoms with E-state index in [1.807, 2.05) is 12.1 Å². The first kappa shape index (κ1) is 10.6. The molecule has 2 heterocycles. The van der Waals surface area contributed by atoms with E-state index in [-0.39, 0.29) is 18.0 Å². The lowest BCUT2D eigenvalue weighted by molar-refractivity contribution is -0.125. The number of rotatable bonds is 0. The summed E-state index contributed by atoms with van der Waals surface area (Å²) in [6.45, 7) is 2.08. The van der Waals surface area contributed by atoms with Gasteiger partial charge in [0.05, 0.1) is 11.6 Å². The molecular weight excluding hydrogens is 214 g/mol. The molecule has 1 aliphatic heterocycles. The van der Waals surface area contributed by atoms with Crippen LogP contribution in [0.2, 0.25) is 0 Å². The topological polar surface area (TPSA) is 54.0 Å². The highest BCUT2D eigenvalue weighted by atomic mass is 16.1. The molecule has 0 saturated heterocycles. The Morgan fingerprint density at radius 1 is 1.41 bits per heavy atom. The summed E-state index contributed by atoms with van der Waals surface area (Å²) >= 11 is 0. The molecule has 4 heteroatoms. The van der Waals surface area contributed by atoms with Gasteiger partial charge in [-0.1, -0.05) is 0 Å². The minimum atomic E-state index is 0.0675. The maximum absolute atomic E-state index is 12.0. The second-order valence-electron chi connectivity index (χ2n) is 4.97. The molecule has 17 heavy (non-hydrogen) atoms. The Bertz CT molecular complexity index is 446. The third-order valence-electron chi connectivity index (χ3n) is 3.80. The number of anilines is 2. The molecular formula is C13H17N3O. The van der Waals surface area contributed by atoms with Crippen molar-refractivity contribution in [3.8, 4) is 0 Å². The number of nitrogens with zero attached hydrogens (tertiary/aromatic N) is 1. The first-order valence-electron chi connectivity index (χ1n) is 6.26. The smallest absolute Gasteiger partial charge is 0.149 e. The maximum atomic E-state index is 12.0. The number of hydrogen-bond donors (Lipinski definition) is 2. The van der Waals surface area contributed by atoms with Crippen LogP contribution in [-0.4, -0.2) is 22.9 Å². The molecule has 2 N–H and O–H groups in total. The monoisotopic (exact) mass is 231 g/mol. The molecule has 0 aromatic carbocycles. The summed E-state index contributed by atoms with van der Waals surface area (Å²) < 4.78 is 0. The summed E-state index contributed by atoms with van der Waals surface area (Å²) in [4.78, 5) is 16.4. The fourth-order valence-electron chi connectivity index (χ4n) is 3.00. The van der Waals surface area contributed by atoms with Crippen LogP contribution in [0.4, 0.5) is 11.5 Å². The zero-order valence-electron chi connectivity index (χ0n) is 9.94. The molecule has 3 atom stereocenters. The molecule has 1 fully saturated rings. The van der Waals surface area contributed by atoms with Crippen LogP contribution in [0.15, 0.2) is 18.3 Å². The number of pyridine rings is 1. The van der Waals surface area contributed by atoms with Gasteiger partial charge in [0.2, 0.25) is 0 Å². The average Bonchev–Trinajstić information content (AvgIpc) is 2.45. The van der Waals surface area contributed by atoms with Crippen molar-refractivity contribution in [2.45, 2.75) is 38.3 Å². The Hall–Kier alpha value is -1.58. The van der Waals surface area contributed by atoms with Gasteiger partial charge >= 0.3 is 0 Å². The Kier molecular flexibility index (Phi) is 2.50. The molecule has 0 unspecified atom stereocenters. The fourth-order valence-corrected chi connectivity index (χ4v) is 3.00. The molecule has 1 saturated carbocycles. The normalized spacial score (nSPS) is 31.6. The van der Waals surface area contributed by atoms with Crippen LogP contribution in [0.3, 0.4) is 0 Å². The van der Waals surface area contributed by atoms with Gasteiger partial charge in [-0.15, -0.1) is 0 Å². The number of carbonyl (C=O) groups excluding carboxylic acids is 1. The van der Waals surface area contributed by atoms with E-state index in [4.69, 9.17) is 0 Å². The van der Waals surface area contributed by atoms with Crippen LogP contribution in [-0.2, 0) is 4.79 Å². The zero-order valence-corrected chi connectivity index (χ0v) is 9.94. The van der Waals surface area contributed by atoms with Gasteiger partial charge in [0.1, 0.15) is 11.6 Å². The largest absolute Gasteiger partial charge is 0.379 e. The van der Waals surface area contributed by atoms with Crippen LogP contribution in [0, 0.1) is 5.92 Å². The van der Waals surface area contributed by atoms with Gasteiger partial charge in [-0.3, -0.25) is 4.79 Å². The first-order chi connectivity index (χ1) is 8.25. The van der Waals surface area contributed by atoms with E-state index in [0.717, 1.165) is 30.8 Å². The quantitative estimate of drug-likeness (QED) is 0.717. The number of fused-ring (bicyclic) bond motifs is 2. The van der Waals surface area contributed by atoms with Gasteiger partial charge in [0.15, 0.2) is 0 Å². The molecule has 1 aromatic heterocycles. The lowest BCUT2D eigenvalue weighted by Gasteiger charge is -2.32. The third-order valence-corrected chi connectivity index (χ3v) is 3.80. The summed E-state index contributed by atoms with van der Waals surface area (Å²) in [6, 6.07) is 4.34. The van der Waals surface area contributed by atoms with Gasteiger partial charge in [0.25, 0.3) is 0 Å². The predicted octanol–water partition coefficient (Wildman–Crippen LogP) is 2.05. The molecule has 0 bridgehead atoms. The average molecular weight is 231 g/mol. The van der Waals surface area contributed by atoms with Crippen LogP contribution in [0.1, 0.15) is 26.2 Å². The Balaban J connectivity index is 1.97. The third kappa shape index (κ3) is 1.77. The van der Waals surface area contributed by atoms with E-state index in [0.29, 0.717) is 5.78 Å². The number of ketones is 1. The summed E-state index contributed by atoms with van der Waals surface area (Å²) in [6.07, 6.45) is 4.56. The first-order valence-corrected chi connectivity index (χ1v) is 6.26. The molecule has 90 valence electrons. The highest BCUT2D eigenvalue weighted by Gasteiger charge is 2.38. The van der Waals surface area contributed by atoms with Crippen molar-refractivity contribution < 1.29 is 4.79 Å². The molecule has 4 nitrogen and oxygen atoms in total. The van der Waals surface area contributed by atoms with Gasteiger partial charge in [-0.25, -0.2) is 4.98 Å². The van der Waals surface area contributed by atoms with E-state index >= 15 is 0 Å². The van der Waals surface area contributed by atoms with Crippen LogP contribution >= 0.6 is 0 Å². The fraction of sp³-hybridized carbons (Fsp3) is 0.538. The molecule has 0 amide bonds. The van der Waals surface area contributed by atoms with Crippen LogP contribution in [0.25, 0.3) is 0 Å². The number of Topliss-reactive ketones (excluding diaryl/α,β-unsaturated/α-hetero) is 1. The van der Waals surface area contributed by atoms with Crippen molar-refractivity contribution in [3.63, 3.8) is 0 Å². The SMILES string of the molecule is C[C@@H]1Nc2ncccc2N[C@H]2CCCC(=O)[C@@H]12. The van der Waals surface area contributed by atoms with Crippen molar-refractivity contribution in [3.05, 3.63) is 18.3 Å². The van der Waals surface area contributed by atoms with Crippen molar-refractivity contribution >= 4 is 17.3 Å². The summed E-state index contributed by atoms with van der Waals surface area (Å²) in [7, 11) is 0. The Labute approximate surface area is 101 Å². The molecule has 2 aliphatic rings. The summed E-state index contributed by atoms with van der Waals surface area (Å²) in [5, 5.41) is 6.83. The van der Waals surface area contributed by atoms with E-state index in [2.05, 4.69) is 22.5 Å². The zero-order chi connectivity index (χ0) is 11.8. The van der Waals surface area contributed by atoms with E-state index < -0.39 is 0 Å². The Morgan fingerprint density at radius 2 is 2.29 bits per heavy atom. The standard InChI is InChI=1S/C13H17N3O/c1-8-12-9(4-2-6-11(12)17)16-10-5-3-7-14-13(10)15-8/h3,5,7-9,12,16H,2,4,6H2,1H3,(H,14,15)/t8-,9-,12-/m0/s1.